The zero-order chi connectivity index (χ0) is 24.3. The number of nitrogens with zero attached hydrogens (tertiary/aromatic N) is 4. The monoisotopic (exact) mass is 520 g/mol. The maximum atomic E-state index is 13.0. The number of amides is 1. The molecule has 10 heteroatoms. The quantitative estimate of drug-likeness (QED) is 0.429. The van der Waals surface area contributed by atoms with E-state index in [1.807, 2.05) is 36.9 Å². The van der Waals surface area contributed by atoms with Crippen molar-refractivity contribution >= 4 is 54.2 Å². The number of hydrogen-bond donors (Lipinski definition) is 0. The molecule has 1 fully saturated rings. The Balaban J connectivity index is 1.41. The van der Waals surface area contributed by atoms with Crippen molar-refractivity contribution in [2.75, 3.05) is 44.2 Å². The van der Waals surface area contributed by atoms with E-state index < -0.39 is 10.0 Å². The third-order valence-corrected chi connectivity index (χ3v) is 9.09. The molecule has 2 aromatic carbocycles. The van der Waals surface area contributed by atoms with E-state index in [0.717, 1.165) is 28.2 Å². The van der Waals surface area contributed by atoms with E-state index in [1.165, 1.54) is 4.31 Å². The number of carbonyl (C=O) groups excluding carboxylic acids is 1. The number of halogens is 1. The zero-order valence-corrected chi connectivity index (χ0v) is 21.8. The van der Waals surface area contributed by atoms with E-state index in [1.54, 1.807) is 35.6 Å². The molecule has 3 aromatic rings. The summed E-state index contributed by atoms with van der Waals surface area (Å²) in [4.78, 5) is 22.0. The Bertz CT molecular complexity index is 1250. The van der Waals surface area contributed by atoms with E-state index in [2.05, 4.69) is 4.90 Å². The van der Waals surface area contributed by atoms with Crippen LogP contribution in [0, 0.1) is 0 Å². The molecule has 2 heterocycles. The average Bonchev–Trinajstić information content (AvgIpc) is 3.27. The molecule has 1 aromatic heterocycles. The molecule has 0 aliphatic carbocycles. The van der Waals surface area contributed by atoms with Crippen LogP contribution in [0.5, 0.6) is 0 Å². The van der Waals surface area contributed by atoms with Gasteiger partial charge in [0.05, 0.1) is 15.1 Å². The largest absolute Gasteiger partial charge is 0.345 e. The lowest BCUT2D eigenvalue weighted by atomic mass is 10.2. The maximum Gasteiger partial charge on any atom is 0.253 e. The highest BCUT2D eigenvalue weighted by atomic mass is 35.5. The number of rotatable bonds is 8. The van der Waals surface area contributed by atoms with Crippen LogP contribution >= 0.6 is 22.9 Å². The van der Waals surface area contributed by atoms with Crippen LogP contribution in [0.25, 0.3) is 10.2 Å². The van der Waals surface area contributed by atoms with E-state index >= 15 is 0 Å². The third kappa shape index (κ3) is 5.22. The number of sulfonamides is 1. The van der Waals surface area contributed by atoms with E-state index in [-0.39, 0.29) is 10.8 Å². The molecule has 1 saturated heterocycles. The van der Waals surface area contributed by atoms with Crippen LogP contribution in [0.15, 0.2) is 47.4 Å². The van der Waals surface area contributed by atoms with Crippen molar-refractivity contribution in [1.29, 1.82) is 0 Å². The molecule has 0 spiro atoms. The Morgan fingerprint density at radius 1 is 1.03 bits per heavy atom. The maximum absolute atomic E-state index is 13.0. The molecule has 7 nitrogen and oxygen atoms in total. The third-order valence-electron chi connectivity index (χ3n) is 5.86. The minimum Gasteiger partial charge on any atom is -0.345 e. The van der Waals surface area contributed by atoms with Crippen LogP contribution in [-0.4, -0.2) is 67.8 Å². The lowest BCUT2D eigenvalue weighted by molar-refractivity contribution is 0.0746. The van der Waals surface area contributed by atoms with Gasteiger partial charge in [0.25, 0.3) is 5.91 Å². The first-order valence-corrected chi connectivity index (χ1v) is 14.2. The molecule has 1 aliphatic rings. The molecule has 182 valence electrons. The summed E-state index contributed by atoms with van der Waals surface area (Å²) in [7, 11) is -3.56. The first kappa shape index (κ1) is 24.9. The summed E-state index contributed by atoms with van der Waals surface area (Å²) in [6, 6.07) is 12.0. The second-order valence-electron chi connectivity index (χ2n) is 8.32. The van der Waals surface area contributed by atoms with E-state index in [4.69, 9.17) is 16.6 Å². The highest BCUT2D eigenvalue weighted by Crippen LogP contribution is 2.31. The van der Waals surface area contributed by atoms with Crippen LogP contribution in [-0.2, 0) is 10.0 Å². The van der Waals surface area contributed by atoms with Gasteiger partial charge in [0.1, 0.15) is 0 Å². The summed E-state index contributed by atoms with van der Waals surface area (Å²) in [5.41, 5.74) is 1.42. The lowest BCUT2D eigenvalue weighted by Gasteiger charge is -2.34. The smallest absolute Gasteiger partial charge is 0.253 e. The molecule has 1 aliphatic heterocycles. The van der Waals surface area contributed by atoms with Crippen molar-refractivity contribution < 1.29 is 13.2 Å². The Morgan fingerprint density at radius 3 is 2.29 bits per heavy atom. The molecule has 34 heavy (non-hydrogen) atoms. The van der Waals surface area contributed by atoms with E-state index in [9.17, 15) is 13.2 Å². The molecule has 0 atom stereocenters. The predicted molar refractivity (Wildman–Crippen MR) is 139 cm³/mol. The fraction of sp³-hybridized carbons (Fsp3) is 0.417. The first-order valence-electron chi connectivity index (χ1n) is 11.5. The fourth-order valence-electron chi connectivity index (χ4n) is 4.07. The van der Waals surface area contributed by atoms with Crippen molar-refractivity contribution in [1.82, 2.24) is 14.2 Å². The van der Waals surface area contributed by atoms with Gasteiger partial charge < -0.3 is 9.80 Å². The molecule has 4 rings (SSSR count). The predicted octanol–water partition coefficient (Wildman–Crippen LogP) is 4.72. The van der Waals surface area contributed by atoms with Crippen LogP contribution < -0.4 is 4.90 Å². The lowest BCUT2D eigenvalue weighted by Crippen LogP contribution is -2.48. The van der Waals surface area contributed by atoms with Crippen molar-refractivity contribution in [3.05, 3.63) is 53.1 Å². The number of piperazine rings is 1. The van der Waals surface area contributed by atoms with Gasteiger partial charge >= 0.3 is 0 Å². The molecule has 0 saturated carbocycles. The standard InChI is InChI=1S/C24H29ClN4O3S2/c1-3-11-29(12-4-2)34(31,32)20-8-5-18(6-9-20)23(30)27-13-15-28(16-14-27)24-26-21-10-7-19(25)17-22(21)33-24/h5-10,17H,3-4,11-16H2,1-2H3. The molecular formula is C24H29ClN4O3S2. The zero-order valence-electron chi connectivity index (χ0n) is 19.4. The fourth-order valence-corrected chi connectivity index (χ4v) is 6.99. The number of benzene rings is 2. The van der Waals surface area contributed by atoms with Crippen molar-refractivity contribution in [2.45, 2.75) is 31.6 Å². The summed E-state index contributed by atoms with van der Waals surface area (Å²) in [5.74, 6) is -0.0846. The van der Waals surface area contributed by atoms with Gasteiger partial charge in [0.2, 0.25) is 10.0 Å². The van der Waals surface area contributed by atoms with Crippen molar-refractivity contribution in [3.63, 3.8) is 0 Å². The van der Waals surface area contributed by atoms with Crippen LogP contribution in [0.4, 0.5) is 5.13 Å². The Morgan fingerprint density at radius 2 is 1.68 bits per heavy atom. The normalized spacial score (nSPS) is 14.8. The molecular weight excluding hydrogens is 492 g/mol. The SMILES string of the molecule is CCCN(CCC)S(=O)(=O)c1ccc(C(=O)N2CCN(c3nc4ccc(Cl)cc4s3)CC2)cc1. The van der Waals surface area contributed by atoms with Gasteiger partial charge in [-0.25, -0.2) is 13.4 Å². The minimum absolute atomic E-state index is 0.0846. The van der Waals surface area contributed by atoms with E-state index in [0.29, 0.717) is 49.9 Å². The van der Waals surface area contributed by atoms with Gasteiger partial charge in [0, 0.05) is 49.9 Å². The first-order chi connectivity index (χ1) is 16.3. The molecule has 0 radical (unpaired) electrons. The second-order valence-corrected chi connectivity index (χ2v) is 11.7. The second kappa shape index (κ2) is 10.6. The number of anilines is 1. The van der Waals surface area contributed by atoms with Crippen molar-refractivity contribution in [3.8, 4) is 0 Å². The Labute approximate surface area is 210 Å². The molecule has 1 amide bonds. The van der Waals surface area contributed by atoms with Gasteiger partial charge in [-0.05, 0) is 55.3 Å². The number of aromatic nitrogens is 1. The number of thiazole rings is 1. The van der Waals surface area contributed by atoms with Crippen LogP contribution in [0.2, 0.25) is 5.02 Å². The molecule has 0 unspecified atom stereocenters. The summed E-state index contributed by atoms with van der Waals surface area (Å²) in [6.07, 6.45) is 1.51. The molecule has 0 N–H and O–H groups in total. The Kier molecular flexibility index (Phi) is 7.77. The van der Waals surface area contributed by atoms with Crippen LogP contribution in [0.3, 0.4) is 0 Å². The van der Waals surface area contributed by atoms with Gasteiger partial charge in [-0.3, -0.25) is 4.79 Å². The molecule has 0 bridgehead atoms. The summed E-state index contributed by atoms with van der Waals surface area (Å²) in [6.45, 7) is 7.44. The topological polar surface area (TPSA) is 73.8 Å². The van der Waals surface area contributed by atoms with Crippen LogP contribution in [0.1, 0.15) is 37.0 Å². The number of hydrogen-bond acceptors (Lipinski definition) is 6. The minimum atomic E-state index is -3.56. The Hall–Kier alpha value is -2.20. The summed E-state index contributed by atoms with van der Waals surface area (Å²) >= 11 is 7.69. The highest BCUT2D eigenvalue weighted by molar-refractivity contribution is 7.89. The summed E-state index contributed by atoms with van der Waals surface area (Å²) in [5, 5.41) is 1.63. The van der Waals surface area contributed by atoms with Gasteiger partial charge in [-0.2, -0.15) is 4.31 Å². The number of carbonyl (C=O) groups is 1. The average molecular weight is 521 g/mol. The highest BCUT2D eigenvalue weighted by Gasteiger charge is 2.26. The summed E-state index contributed by atoms with van der Waals surface area (Å²) < 4.78 is 28.5. The van der Waals surface area contributed by atoms with Gasteiger partial charge in [-0.15, -0.1) is 0 Å². The van der Waals surface area contributed by atoms with Gasteiger partial charge in [-0.1, -0.05) is 36.8 Å². The number of fused-ring (bicyclic) bond motifs is 1. The van der Waals surface area contributed by atoms with Crippen molar-refractivity contribution in [2.24, 2.45) is 0 Å². The van der Waals surface area contributed by atoms with Gasteiger partial charge in [0.15, 0.2) is 5.13 Å².